The summed E-state index contributed by atoms with van der Waals surface area (Å²) in [6.45, 7) is 2.50. The number of hydrogen-bond acceptors (Lipinski definition) is 3. The van der Waals surface area contributed by atoms with Gasteiger partial charge in [0.15, 0.2) is 0 Å². The summed E-state index contributed by atoms with van der Waals surface area (Å²) in [5.41, 5.74) is 2.09. The van der Waals surface area contributed by atoms with Crippen LogP contribution in [-0.2, 0) is 6.61 Å². The van der Waals surface area contributed by atoms with E-state index in [1.807, 2.05) is 43.3 Å². The van der Waals surface area contributed by atoms with Gasteiger partial charge >= 0.3 is 0 Å². The molecule has 3 heteroatoms. The van der Waals surface area contributed by atoms with Crippen molar-refractivity contribution >= 4 is 0 Å². The first kappa shape index (κ1) is 11.5. The molecule has 3 nitrogen and oxygen atoms in total. The van der Waals surface area contributed by atoms with Crippen LogP contribution in [0.4, 0.5) is 0 Å². The summed E-state index contributed by atoms with van der Waals surface area (Å²) >= 11 is 0. The number of benzene rings is 1. The molecule has 0 amide bonds. The van der Waals surface area contributed by atoms with Crippen molar-refractivity contribution in [3.05, 3.63) is 53.9 Å². The summed E-state index contributed by atoms with van der Waals surface area (Å²) in [4.78, 5) is 4.28. The highest BCUT2D eigenvalue weighted by atomic mass is 16.5. The van der Waals surface area contributed by atoms with E-state index in [9.17, 15) is 0 Å². The van der Waals surface area contributed by atoms with Crippen LogP contribution in [0, 0.1) is 6.92 Å². The Morgan fingerprint density at radius 1 is 1.12 bits per heavy atom. The zero-order chi connectivity index (χ0) is 12.1. The molecule has 88 valence electrons. The van der Waals surface area contributed by atoms with Crippen molar-refractivity contribution < 1.29 is 9.47 Å². The third-order valence-corrected chi connectivity index (χ3v) is 2.53. The van der Waals surface area contributed by atoms with Crippen LogP contribution in [0.1, 0.15) is 11.3 Å². The summed E-state index contributed by atoms with van der Waals surface area (Å²) in [6.07, 6.45) is 1.78. The monoisotopic (exact) mass is 229 g/mol. The normalized spacial score (nSPS) is 10.0. The van der Waals surface area contributed by atoms with Crippen molar-refractivity contribution in [2.24, 2.45) is 0 Å². The zero-order valence-electron chi connectivity index (χ0n) is 10.0. The van der Waals surface area contributed by atoms with Crippen molar-refractivity contribution in [3.63, 3.8) is 0 Å². The lowest BCUT2D eigenvalue weighted by molar-refractivity contribution is 0.298. The molecule has 0 spiro atoms. The molecule has 0 radical (unpaired) electrons. The molecule has 0 aliphatic heterocycles. The van der Waals surface area contributed by atoms with E-state index in [0.29, 0.717) is 6.61 Å². The fourth-order valence-corrected chi connectivity index (χ4v) is 1.51. The third-order valence-electron chi connectivity index (χ3n) is 2.53. The van der Waals surface area contributed by atoms with Gasteiger partial charge in [0.25, 0.3) is 0 Å². The van der Waals surface area contributed by atoms with Crippen LogP contribution in [-0.4, -0.2) is 12.1 Å². The van der Waals surface area contributed by atoms with Crippen LogP contribution < -0.4 is 9.47 Å². The Kier molecular flexibility index (Phi) is 3.60. The molecule has 0 aliphatic rings. The maximum Gasteiger partial charge on any atom is 0.130 e. The molecule has 0 saturated carbocycles. The lowest BCUT2D eigenvalue weighted by Crippen LogP contribution is -2.00. The minimum atomic E-state index is 0.472. The van der Waals surface area contributed by atoms with Crippen molar-refractivity contribution in [2.75, 3.05) is 7.11 Å². The second-order valence-electron chi connectivity index (χ2n) is 3.73. The Bertz CT molecular complexity index is 497. The molecular formula is C14H15NO2. The van der Waals surface area contributed by atoms with E-state index in [-0.39, 0.29) is 0 Å². The van der Waals surface area contributed by atoms with Gasteiger partial charge in [-0.3, -0.25) is 4.98 Å². The van der Waals surface area contributed by atoms with Crippen molar-refractivity contribution in [3.8, 4) is 11.5 Å². The van der Waals surface area contributed by atoms with Gasteiger partial charge in [0.05, 0.1) is 12.8 Å². The molecule has 17 heavy (non-hydrogen) atoms. The molecule has 0 unspecified atom stereocenters. The van der Waals surface area contributed by atoms with Crippen LogP contribution in [0.3, 0.4) is 0 Å². The lowest BCUT2D eigenvalue weighted by Gasteiger charge is -2.08. The minimum absolute atomic E-state index is 0.472. The molecule has 0 saturated heterocycles. The molecule has 0 bridgehead atoms. The number of nitrogens with zero attached hydrogens (tertiary/aromatic N) is 1. The molecule has 0 N–H and O–H groups in total. The third kappa shape index (κ3) is 2.97. The number of ether oxygens (including phenoxy) is 2. The van der Waals surface area contributed by atoms with E-state index in [4.69, 9.17) is 9.47 Å². The highest BCUT2D eigenvalue weighted by molar-refractivity contribution is 5.33. The number of pyridine rings is 1. The molecule has 1 heterocycles. The van der Waals surface area contributed by atoms with Crippen LogP contribution in [0.5, 0.6) is 11.5 Å². The van der Waals surface area contributed by atoms with Gasteiger partial charge in [-0.05, 0) is 30.7 Å². The van der Waals surface area contributed by atoms with Gasteiger partial charge in [0.2, 0.25) is 0 Å². The van der Waals surface area contributed by atoms with Crippen molar-refractivity contribution in [1.29, 1.82) is 0 Å². The maximum absolute atomic E-state index is 5.67. The Morgan fingerprint density at radius 3 is 2.71 bits per heavy atom. The summed E-state index contributed by atoms with van der Waals surface area (Å²) in [5.74, 6) is 1.58. The largest absolute Gasteiger partial charge is 0.497 e. The second kappa shape index (κ2) is 5.34. The molecule has 2 aromatic rings. The van der Waals surface area contributed by atoms with Gasteiger partial charge in [-0.1, -0.05) is 12.1 Å². The second-order valence-corrected chi connectivity index (χ2v) is 3.73. The first-order chi connectivity index (χ1) is 8.29. The molecule has 0 aliphatic carbocycles. The predicted molar refractivity (Wildman–Crippen MR) is 66.3 cm³/mol. The average molecular weight is 229 g/mol. The van der Waals surface area contributed by atoms with Crippen LogP contribution in [0.2, 0.25) is 0 Å². The van der Waals surface area contributed by atoms with Gasteiger partial charge in [-0.2, -0.15) is 0 Å². The molecule has 0 fully saturated rings. The quantitative estimate of drug-likeness (QED) is 0.807. The number of aryl methyl sites for hydroxylation is 1. The van der Waals surface area contributed by atoms with E-state index in [0.717, 1.165) is 22.8 Å². The topological polar surface area (TPSA) is 31.4 Å². The minimum Gasteiger partial charge on any atom is -0.497 e. The molecule has 1 aromatic heterocycles. The van der Waals surface area contributed by atoms with E-state index < -0.39 is 0 Å². The van der Waals surface area contributed by atoms with E-state index in [1.165, 1.54) is 0 Å². The van der Waals surface area contributed by atoms with Crippen molar-refractivity contribution in [1.82, 2.24) is 4.98 Å². The average Bonchev–Trinajstić information content (AvgIpc) is 2.38. The Hall–Kier alpha value is -2.03. The van der Waals surface area contributed by atoms with Gasteiger partial charge in [-0.25, -0.2) is 0 Å². The zero-order valence-corrected chi connectivity index (χ0v) is 10.0. The van der Waals surface area contributed by atoms with Gasteiger partial charge in [0, 0.05) is 12.3 Å². The lowest BCUT2D eigenvalue weighted by atomic mass is 10.2. The van der Waals surface area contributed by atoms with E-state index in [1.54, 1.807) is 13.3 Å². The Morgan fingerprint density at radius 2 is 1.94 bits per heavy atom. The highest BCUT2D eigenvalue weighted by Gasteiger charge is 2.01. The standard InChI is InChI=1S/C14H15NO2/c1-11-5-4-8-15-14(11)10-17-13-7-3-6-12(9-13)16-2/h3-9H,10H2,1-2H3. The van der Waals surface area contributed by atoms with E-state index >= 15 is 0 Å². The van der Waals surface area contributed by atoms with Crippen LogP contribution >= 0.6 is 0 Å². The fourth-order valence-electron chi connectivity index (χ4n) is 1.51. The number of rotatable bonds is 4. The smallest absolute Gasteiger partial charge is 0.130 e. The molecule has 2 rings (SSSR count). The van der Waals surface area contributed by atoms with E-state index in [2.05, 4.69) is 4.98 Å². The molecule has 0 atom stereocenters. The fraction of sp³-hybridized carbons (Fsp3) is 0.214. The Labute approximate surface area is 101 Å². The summed E-state index contributed by atoms with van der Waals surface area (Å²) in [7, 11) is 1.64. The van der Waals surface area contributed by atoms with Gasteiger partial charge < -0.3 is 9.47 Å². The van der Waals surface area contributed by atoms with Gasteiger partial charge in [0.1, 0.15) is 18.1 Å². The SMILES string of the molecule is COc1cccc(OCc2ncccc2C)c1. The van der Waals surface area contributed by atoms with Crippen molar-refractivity contribution in [2.45, 2.75) is 13.5 Å². The maximum atomic E-state index is 5.67. The summed E-state index contributed by atoms with van der Waals surface area (Å²) in [6, 6.07) is 11.5. The number of methoxy groups -OCH3 is 1. The first-order valence-electron chi connectivity index (χ1n) is 5.47. The predicted octanol–water partition coefficient (Wildman–Crippen LogP) is 2.98. The Balaban J connectivity index is 2.05. The van der Waals surface area contributed by atoms with Crippen LogP contribution in [0.25, 0.3) is 0 Å². The molecular weight excluding hydrogens is 214 g/mol. The summed E-state index contributed by atoms with van der Waals surface area (Å²) < 4.78 is 10.8. The number of hydrogen-bond donors (Lipinski definition) is 0. The molecule has 1 aromatic carbocycles. The van der Waals surface area contributed by atoms with Gasteiger partial charge in [-0.15, -0.1) is 0 Å². The number of aromatic nitrogens is 1. The first-order valence-corrected chi connectivity index (χ1v) is 5.47. The highest BCUT2D eigenvalue weighted by Crippen LogP contribution is 2.20. The summed E-state index contributed by atoms with van der Waals surface area (Å²) in [5, 5.41) is 0. The van der Waals surface area contributed by atoms with Crippen LogP contribution in [0.15, 0.2) is 42.6 Å².